The summed E-state index contributed by atoms with van der Waals surface area (Å²) in [7, 11) is 0. The highest BCUT2D eigenvalue weighted by Gasteiger charge is 2.11. The first-order chi connectivity index (χ1) is 6.20. The monoisotopic (exact) mass is 214 g/mol. The van der Waals surface area contributed by atoms with Crippen molar-refractivity contribution < 1.29 is 4.79 Å². The largest absolute Gasteiger partial charge is 0.398 e. The van der Waals surface area contributed by atoms with E-state index in [1.165, 1.54) is 0 Å². The zero-order chi connectivity index (χ0) is 9.84. The van der Waals surface area contributed by atoms with Gasteiger partial charge in [0, 0.05) is 11.3 Å². The molecule has 0 amide bonds. The highest BCUT2D eigenvalue weighted by Crippen LogP contribution is 2.27. The number of nitrogen functional groups attached to an aromatic ring is 1. The molecule has 1 aromatic rings. The molecule has 0 spiro atoms. The number of hydrogen-bond acceptors (Lipinski definition) is 5. The maximum absolute atomic E-state index is 11.4. The molecule has 0 heterocycles. The topological polar surface area (TPSA) is 69.1 Å². The first-order valence-electron chi connectivity index (χ1n) is 3.54. The molecule has 0 aliphatic heterocycles. The van der Waals surface area contributed by atoms with Gasteiger partial charge in [-0.2, -0.15) is 0 Å². The van der Waals surface area contributed by atoms with E-state index in [0.717, 1.165) is 23.7 Å². The van der Waals surface area contributed by atoms with Crippen molar-refractivity contribution in [3.63, 3.8) is 0 Å². The molecule has 0 aliphatic carbocycles. The Morgan fingerprint density at radius 3 is 2.69 bits per heavy atom. The minimum atomic E-state index is -0.0137. The van der Waals surface area contributed by atoms with Crippen molar-refractivity contribution >= 4 is 34.5 Å². The average molecular weight is 214 g/mol. The van der Waals surface area contributed by atoms with Crippen LogP contribution < -0.4 is 10.9 Å². The fourth-order valence-corrected chi connectivity index (χ4v) is 1.90. The molecule has 0 saturated heterocycles. The highest BCUT2D eigenvalue weighted by atomic mass is 32.2. The second-order valence-electron chi connectivity index (χ2n) is 2.33. The van der Waals surface area contributed by atoms with Gasteiger partial charge >= 0.3 is 0 Å². The smallest absolute Gasteiger partial charge is 0.220 e. The van der Waals surface area contributed by atoms with Crippen LogP contribution in [0.4, 0.5) is 5.69 Å². The minimum Gasteiger partial charge on any atom is -0.398 e. The predicted octanol–water partition coefficient (Wildman–Crippen LogP) is 1.74. The van der Waals surface area contributed by atoms with E-state index in [0.29, 0.717) is 16.1 Å². The van der Waals surface area contributed by atoms with Crippen molar-refractivity contribution in [3.8, 4) is 0 Å². The lowest BCUT2D eigenvalue weighted by atomic mass is 10.2. The molecule has 0 unspecified atom stereocenters. The third kappa shape index (κ3) is 2.18. The summed E-state index contributed by atoms with van der Waals surface area (Å²) in [6, 6.07) is 5.20. The van der Waals surface area contributed by atoms with E-state index in [1.807, 2.05) is 0 Å². The molecule has 0 bridgehead atoms. The van der Waals surface area contributed by atoms with Gasteiger partial charge in [0.25, 0.3) is 0 Å². The Morgan fingerprint density at radius 2 is 2.15 bits per heavy atom. The number of thioether (sulfide) groups is 1. The van der Waals surface area contributed by atoms with Crippen molar-refractivity contribution in [2.75, 3.05) is 12.0 Å². The highest BCUT2D eigenvalue weighted by molar-refractivity contribution is 8.13. The fraction of sp³-hybridized carbons (Fsp3) is 0.125. The second-order valence-corrected chi connectivity index (χ2v) is 3.76. The van der Waals surface area contributed by atoms with Gasteiger partial charge in [-0.1, -0.05) is 17.8 Å². The quantitative estimate of drug-likeness (QED) is 0.579. The van der Waals surface area contributed by atoms with Crippen LogP contribution in [0.25, 0.3) is 0 Å². The Labute approximate surface area is 85.4 Å². The SMILES string of the molecule is CSC(=O)c1cccc(N)c1SN. The van der Waals surface area contributed by atoms with Crippen molar-refractivity contribution in [1.82, 2.24) is 0 Å². The van der Waals surface area contributed by atoms with E-state index in [1.54, 1.807) is 24.5 Å². The number of hydrogen-bond donors (Lipinski definition) is 2. The van der Waals surface area contributed by atoms with Crippen LogP contribution in [0, 0.1) is 0 Å². The van der Waals surface area contributed by atoms with Crippen LogP contribution in [0.2, 0.25) is 0 Å². The molecule has 0 radical (unpaired) electrons. The summed E-state index contributed by atoms with van der Waals surface area (Å²) < 4.78 is 0. The lowest BCUT2D eigenvalue weighted by Crippen LogP contribution is -2.00. The lowest BCUT2D eigenvalue weighted by molar-refractivity contribution is 0.108. The van der Waals surface area contributed by atoms with E-state index < -0.39 is 0 Å². The molecule has 5 heteroatoms. The van der Waals surface area contributed by atoms with Crippen molar-refractivity contribution in [3.05, 3.63) is 23.8 Å². The first-order valence-corrected chi connectivity index (χ1v) is 5.64. The Morgan fingerprint density at radius 1 is 1.46 bits per heavy atom. The first kappa shape index (κ1) is 10.4. The third-order valence-corrected chi connectivity index (χ3v) is 2.85. The Hall–Kier alpha value is -0.650. The molecule has 1 rings (SSSR count). The average Bonchev–Trinajstić information content (AvgIpc) is 2.16. The number of carbonyl (C=O) groups excluding carboxylic acids is 1. The summed E-state index contributed by atoms with van der Waals surface area (Å²) in [5.41, 5.74) is 6.79. The number of rotatable bonds is 2. The molecule has 0 aliphatic rings. The lowest BCUT2D eigenvalue weighted by Gasteiger charge is -2.06. The molecular formula is C8H10N2OS2. The van der Waals surface area contributed by atoms with Gasteiger partial charge in [-0.3, -0.25) is 9.93 Å². The van der Waals surface area contributed by atoms with Gasteiger partial charge < -0.3 is 5.73 Å². The van der Waals surface area contributed by atoms with Crippen molar-refractivity contribution in [2.24, 2.45) is 5.14 Å². The fourth-order valence-electron chi connectivity index (χ4n) is 0.957. The maximum atomic E-state index is 11.4. The van der Waals surface area contributed by atoms with Crippen LogP contribution >= 0.6 is 23.7 Å². The summed E-state index contributed by atoms with van der Waals surface area (Å²) in [5.74, 6) is 0. The zero-order valence-electron chi connectivity index (χ0n) is 7.11. The van der Waals surface area contributed by atoms with E-state index in [2.05, 4.69) is 0 Å². The van der Waals surface area contributed by atoms with Crippen LogP contribution in [0.15, 0.2) is 23.1 Å². The van der Waals surface area contributed by atoms with E-state index >= 15 is 0 Å². The van der Waals surface area contributed by atoms with Crippen LogP contribution in [-0.4, -0.2) is 11.4 Å². The van der Waals surface area contributed by atoms with Gasteiger partial charge in [0.2, 0.25) is 5.12 Å². The van der Waals surface area contributed by atoms with Crippen LogP contribution in [0.5, 0.6) is 0 Å². The Kier molecular flexibility index (Phi) is 3.65. The van der Waals surface area contributed by atoms with Gasteiger partial charge in [-0.15, -0.1) is 0 Å². The summed E-state index contributed by atoms with van der Waals surface area (Å²) in [4.78, 5) is 12.0. The molecule has 1 aromatic carbocycles. The number of carbonyl (C=O) groups is 1. The van der Waals surface area contributed by atoms with Gasteiger partial charge in [0.05, 0.1) is 4.90 Å². The van der Waals surface area contributed by atoms with Gasteiger partial charge in [-0.05, 0) is 30.3 Å². The molecule has 70 valence electrons. The molecule has 0 saturated carbocycles. The summed E-state index contributed by atoms with van der Waals surface area (Å²) in [6.07, 6.45) is 1.73. The van der Waals surface area contributed by atoms with Gasteiger partial charge in [0.1, 0.15) is 0 Å². The van der Waals surface area contributed by atoms with Crippen LogP contribution in [0.3, 0.4) is 0 Å². The molecule has 3 nitrogen and oxygen atoms in total. The Balaban J connectivity index is 3.20. The van der Waals surface area contributed by atoms with Crippen LogP contribution in [0.1, 0.15) is 10.4 Å². The molecule has 0 atom stereocenters. The molecule has 4 N–H and O–H groups in total. The van der Waals surface area contributed by atoms with Crippen LogP contribution in [-0.2, 0) is 0 Å². The van der Waals surface area contributed by atoms with E-state index in [9.17, 15) is 4.79 Å². The van der Waals surface area contributed by atoms with Crippen molar-refractivity contribution in [1.29, 1.82) is 0 Å². The molecule has 0 fully saturated rings. The summed E-state index contributed by atoms with van der Waals surface area (Å²) in [5, 5.41) is 5.41. The number of anilines is 1. The van der Waals surface area contributed by atoms with Crippen molar-refractivity contribution in [2.45, 2.75) is 4.90 Å². The minimum absolute atomic E-state index is 0.0137. The van der Waals surface area contributed by atoms with E-state index in [-0.39, 0.29) is 5.12 Å². The Bertz CT molecular complexity index is 328. The van der Waals surface area contributed by atoms with E-state index in [4.69, 9.17) is 10.9 Å². The van der Waals surface area contributed by atoms with Gasteiger partial charge in [0.15, 0.2) is 0 Å². The standard InChI is InChI=1S/C8H10N2OS2/c1-12-8(11)5-3-2-4-6(9)7(5)13-10/h2-4H,9-10H2,1H3. The summed E-state index contributed by atoms with van der Waals surface area (Å²) >= 11 is 2.16. The third-order valence-electron chi connectivity index (χ3n) is 1.57. The second kappa shape index (κ2) is 4.55. The maximum Gasteiger partial charge on any atom is 0.220 e. The number of benzene rings is 1. The molecular weight excluding hydrogens is 204 g/mol. The molecule has 13 heavy (non-hydrogen) atoms. The number of nitrogens with two attached hydrogens (primary N) is 2. The predicted molar refractivity (Wildman–Crippen MR) is 58.7 cm³/mol. The van der Waals surface area contributed by atoms with Gasteiger partial charge in [-0.25, -0.2) is 0 Å². The normalized spacial score (nSPS) is 10.0. The zero-order valence-corrected chi connectivity index (χ0v) is 8.74. The molecule has 0 aromatic heterocycles. The summed E-state index contributed by atoms with van der Waals surface area (Å²) in [6.45, 7) is 0.